The third kappa shape index (κ3) is 38.1. The van der Waals surface area contributed by atoms with Crippen LogP contribution in [0.1, 0.15) is 161 Å². The Balaban J connectivity index is 4.13. The fourth-order valence-electron chi connectivity index (χ4n) is 6.88. The summed E-state index contributed by atoms with van der Waals surface area (Å²) >= 11 is 0. The number of unbranched alkanes of at least 4 members (excludes halogenated alkanes) is 14. The molecule has 0 aromatic carbocycles. The number of rotatable bonds is 47. The monoisotopic (exact) mass is 989 g/mol. The molecule has 14 N–H and O–H groups in total. The second kappa shape index (κ2) is 41.5. The standard InChI is InChI=1S/C45H80N8O16/c46-42(61)32(53-47)17-15-16-26-48-36(54)23-20-34(44(64)65)51-39(57)25-22-35(45(66)67)52-40(58)31-69-30-29-68-28-27-49-37(55)24-21-33(43(62)63)50-38(56)18-13-11-9-7-5-3-1-2-4-6-8-10-12-14-19-41(59)60/h32-35,53H,1-31,47H2,(H2,46,61)(H,48,54)(H,49,55)(H,50,56)(H,51,57)(H,52,58)(H,59,60)(H,62,63)(H,64,65)(H,66,67)/t32-,33-,34?,35-/m0/s1. The van der Waals surface area contributed by atoms with Gasteiger partial charge in [-0.25, -0.2) is 19.8 Å². The lowest BCUT2D eigenvalue weighted by Gasteiger charge is -2.17. The number of hydrogen-bond acceptors (Lipinski definition) is 14. The number of nitrogens with one attached hydrogen (secondary N) is 6. The van der Waals surface area contributed by atoms with Crippen molar-refractivity contribution in [2.45, 2.75) is 185 Å². The van der Waals surface area contributed by atoms with Crippen molar-refractivity contribution in [3.8, 4) is 0 Å². The minimum Gasteiger partial charge on any atom is -0.481 e. The van der Waals surface area contributed by atoms with Crippen molar-refractivity contribution < 1.29 is 77.8 Å². The molecule has 0 aliphatic carbocycles. The number of carbonyl (C=O) groups is 10. The summed E-state index contributed by atoms with van der Waals surface area (Å²) < 4.78 is 10.5. The molecular weight excluding hydrogens is 909 g/mol. The summed E-state index contributed by atoms with van der Waals surface area (Å²) in [7, 11) is 0. The summed E-state index contributed by atoms with van der Waals surface area (Å²) in [5.41, 5.74) is 7.47. The molecule has 6 amide bonds. The highest BCUT2D eigenvalue weighted by Gasteiger charge is 2.25. The van der Waals surface area contributed by atoms with Gasteiger partial charge >= 0.3 is 23.9 Å². The van der Waals surface area contributed by atoms with Crippen molar-refractivity contribution in [1.82, 2.24) is 32.0 Å². The first-order valence-electron chi connectivity index (χ1n) is 24.2. The number of carbonyl (C=O) groups excluding carboxylic acids is 6. The largest absolute Gasteiger partial charge is 0.481 e. The van der Waals surface area contributed by atoms with E-state index in [1.54, 1.807) is 0 Å². The Hall–Kier alpha value is -5.46. The Morgan fingerprint density at radius 3 is 1.22 bits per heavy atom. The molecule has 0 aliphatic heterocycles. The molecule has 0 saturated carbocycles. The van der Waals surface area contributed by atoms with Crippen molar-refractivity contribution in [1.29, 1.82) is 0 Å². The molecule has 24 nitrogen and oxygen atoms in total. The number of hydrazine groups is 1. The maximum atomic E-state index is 12.4. The maximum absolute atomic E-state index is 12.4. The SMILES string of the molecule is NN[C@@H](CCCCNC(=O)CCC(NC(=O)CC[C@H](NC(=O)COCCOCCNC(=O)CC[C@H](NC(=O)CCCCCCCCCCCCCCCCC(=O)O)C(=O)O)C(=O)O)C(=O)O)C(N)=O. The lowest BCUT2D eigenvalue weighted by molar-refractivity contribution is -0.144. The van der Waals surface area contributed by atoms with E-state index in [2.05, 4.69) is 32.0 Å². The molecule has 0 spiro atoms. The molecule has 0 radical (unpaired) electrons. The topological polar surface area (TPSA) is 394 Å². The van der Waals surface area contributed by atoms with E-state index >= 15 is 0 Å². The highest BCUT2D eigenvalue weighted by molar-refractivity contribution is 5.87. The Morgan fingerprint density at radius 2 is 0.783 bits per heavy atom. The van der Waals surface area contributed by atoms with Gasteiger partial charge < -0.3 is 62.2 Å². The van der Waals surface area contributed by atoms with Gasteiger partial charge in [0.15, 0.2) is 0 Å². The minimum atomic E-state index is -1.49. The van der Waals surface area contributed by atoms with E-state index < -0.39 is 90.6 Å². The minimum absolute atomic E-state index is 0.0128. The highest BCUT2D eigenvalue weighted by Crippen LogP contribution is 2.14. The van der Waals surface area contributed by atoms with Gasteiger partial charge in [-0.3, -0.25) is 39.4 Å². The summed E-state index contributed by atoms with van der Waals surface area (Å²) in [5.74, 6) is -3.07. The molecule has 396 valence electrons. The average molecular weight is 989 g/mol. The third-order valence-electron chi connectivity index (χ3n) is 10.9. The van der Waals surface area contributed by atoms with Crippen molar-refractivity contribution in [3.05, 3.63) is 0 Å². The second-order valence-corrected chi connectivity index (χ2v) is 16.8. The molecule has 0 heterocycles. The normalized spacial score (nSPS) is 12.7. The van der Waals surface area contributed by atoms with Crippen LogP contribution in [0.4, 0.5) is 0 Å². The second-order valence-electron chi connectivity index (χ2n) is 16.8. The Kier molecular flexibility index (Phi) is 38.2. The van der Waals surface area contributed by atoms with E-state index in [1.165, 1.54) is 32.1 Å². The Morgan fingerprint density at radius 1 is 0.391 bits per heavy atom. The van der Waals surface area contributed by atoms with Crippen LogP contribution in [0.2, 0.25) is 0 Å². The maximum Gasteiger partial charge on any atom is 0.326 e. The zero-order valence-electron chi connectivity index (χ0n) is 40.1. The van der Waals surface area contributed by atoms with Crippen molar-refractivity contribution in [2.24, 2.45) is 11.6 Å². The van der Waals surface area contributed by atoms with Gasteiger partial charge in [-0.2, -0.15) is 0 Å². The number of carboxylic acid groups (broad SMARTS) is 4. The van der Waals surface area contributed by atoms with E-state index in [0.29, 0.717) is 25.7 Å². The number of carboxylic acids is 4. The lowest BCUT2D eigenvalue weighted by Crippen LogP contribution is -2.45. The van der Waals surface area contributed by atoms with Crippen LogP contribution in [0.15, 0.2) is 0 Å². The predicted octanol–water partition coefficient (Wildman–Crippen LogP) is 1.11. The van der Waals surface area contributed by atoms with Crippen molar-refractivity contribution in [3.63, 3.8) is 0 Å². The quantitative estimate of drug-likeness (QED) is 0.0231. The van der Waals surface area contributed by atoms with Crippen LogP contribution in [0.25, 0.3) is 0 Å². The van der Waals surface area contributed by atoms with Crippen LogP contribution < -0.4 is 43.6 Å². The predicted molar refractivity (Wildman–Crippen MR) is 250 cm³/mol. The average Bonchev–Trinajstić information content (AvgIpc) is 3.29. The summed E-state index contributed by atoms with van der Waals surface area (Å²) in [6.07, 6.45) is 15.0. The summed E-state index contributed by atoms with van der Waals surface area (Å²) in [5, 5.41) is 49.4. The Labute approximate surface area is 404 Å². The summed E-state index contributed by atoms with van der Waals surface area (Å²) in [6.45, 7) is -0.184. The molecule has 4 atom stereocenters. The molecule has 0 fully saturated rings. The molecule has 0 aromatic rings. The number of hydrogen-bond donors (Lipinski definition) is 12. The first-order valence-corrected chi connectivity index (χ1v) is 24.2. The zero-order valence-corrected chi connectivity index (χ0v) is 40.1. The van der Waals surface area contributed by atoms with E-state index in [4.69, 9.17) is 26.2 Å². The fourth-order valence-corrected chi connectivity index (χ4v) is 6.88. The van der Waals surface area contributed by atoms with Crippen LogP contribution in [0.3, 0.4) is 0 Å². The molecule has 0 bridgehead atoms. The van der Waals surface area contributed by atoms with Gasteiger partial charge in [0, 0.05) is 45.2 Å². The summed E-state index contributed by atoms with van der Waals surface area (Å²) in [6, 6.07) is -4.84. The fraction of sp³-hybridized carbons (Fsp3) is 0.778. The molecule has 0 aliphatic rings. The first-order chi connectivity index (χ1) is 33.0. The van der Waals surface area contributed by atoms with Crippen LogP contribution in [-0.4, -0.2) is 143 Å². The molecule has 0 saturated heterocycles. The van der Waals surface area contributed by atoms with Gasteiger partial charge in [-0.15, -0.1) is 0 Å². The number of aliphatic carboxylic acids is 4. The van der Waals surface area contributed by atoms with Crippen LogP contribution in [0, 0.1) is 0 Å². The van der Waals surface area contributed by atoms with Gasteiger partial charge in [0.1, 0.15) is 24.7 Å². The Bertz CT molecular complexity index is 1550. The molecular formula is C45H80N8O16. The molecule has 24 heteroatoms. The number of amides is 6. The lowest BCUT2D eigenvalue weighted by atomic mass is 10.0. The van der Waals surface area contributed by atoms with Gasteiger partial charge in [0.2, 0.25) is 35.4 Å². The van der Waals surface area contributed by atoms with Crippen molar-refractivity contribution in [2.75, 3.05) is 39.5 Å². The smallest absolute Gasteiger partial charge is 0.326 e. The molecule has 0 aromatic heterocycles. The van der Waals surface area contributed by atoms with Gasteiger partial charge in [0.05, 0.1) is 25.9 Å². The van der Waals surface area contributed by atoms with Gasteiger partial charge in [-0.05, 0) is 51.4 Å². The van der Waals surface area contributed by atoms with E-state index in [1.807, 2.05) is 0 Å². The molecule has 69 heavy (non-hydrogen) atoms. The van der Waals surface area contributed by atoms with Crippen molar-refractivity contribution >= 4 is 59.3 Å². The van der Waals surface area contributed by atoms with E-state index in [-0.39, 0.29) is 83.8 Å². The van der Waals surface area contributed by atoms with E-state index in [0.717, 1.165) is 51.4 Å². The highest BCUT2D eigenvalue weighted by atomic mass is 16.5. The zero-order chi connectivity index (χ0) is 51.7. The van der Waals surface area contributed by atoms with Crippen LogP contribution in [0.5, 0.6) is 0 Å². The van der Waals surface area contributed by atoms with Crippen LogP contribution in [-0.2, 0) is 57.4 Å². The summed E-state index contributed by atoms with van der Waals surface area (Å²) in [4.78, 5) is 118. The van der Waals surface area contributed by atoms with Crippen LogP contribution >= 0.6 is 0 Å². The van der Waals surface area contributed by atoms with Gasteiger partial charge in [0.25, 0.3) is 0 Å². The molecule has 0 rings (SSSR count). The van der Waals surface area contributed by atoms with Gasteiger partial charge in [-0.1, -0.05) is 77.0 Å². The third-order valence-corrected chi connectivity index (χ3v) is 10.9. The number of ether oxygens (including phenoxy) is 2. The number of primary amides is 1. The first kappa shape index (κ1) is 63.5. The van der Waals surface area contributed by atoms with E-state index in [9.17, 15) is 63.3 Å². The molecule has 1 unspecified atom stereocenters. The number of nitrogens with two attached hydrogens (primary N) is 2.